The zero-order valence-electron chi connectivity index (χ0n) is 16.9. The van der Waals surface area contributed by atoms with Crippen LogP contribution in [-0.4, -0.2) is 41.3 Å². The first-order valence-corrected chi connectivity index (χ1v) is 11.1. The Morgan fingerprint density at radius 3 is 2.52 bits per heavy atom. The summed E-state index contributed by atoms with van der Waals surface area (Å²) in [5.41, 5.74) is 1.22. The summed E-state index contributed by atoms with van der Waals surface area (Å²) in [4.78, 5) is 28.9. The van der Waals surface area contributed by atoms with Gasteiger partial charge in [-0.3, -0.25) is 9.36 Å². The molecule has 0 unspecified atom stereocenters. The van der Waals surface area contributed by atoms with E-state index in [2.05, 4.69) is 10.3 Å². The monoisotopic (exact) mass is 418 g/mol. The predicted octanol–water partition coefficient (Wildman–Crippen LogP) is 2.10. The molecule has 3 rings (SSSR count). The molecule has 0 bridgehead atoms. The van der Waals surface area contributed by atoms with Gasteiger partial charge in [0.1, 0.15) is 6.54 Å². The summed E-state index contributed by atoms with van der Waals surface area (Å²) in [6.07, 6.45) is 1.71. The molecule has 2 aromatic rings. The molecule has 29 heavy (non-hydrogen) atoms. The lowest BCUT2D eigenvalue weighted by atomic mass is 10.1. The van der Waals surface area contributed by atoms with Crippen LogP contribution in [0.3, 0.4) is 0 Å². The number of benzene rings is 1. The van der Waals surface area contributed by atoms with Crippen molar-refractivity contribution in [2.45, 2.75) is 51.0 Å². The topological polar surface area (TPSA) is 101 Å². The maximum absolute atomic E-state index is 12.7. The summed E-state index contributed by atoms with van der Waals surface area (Å²) in [6.45, 7) is 6.48. The molecule has 1 amide bonds. The number of amides is 1. The second kappa shape index (κ2) is 8.46. The molecule has 2 heterocycles. The Hall–Kier alpha value is -2.52. The molecule has 8 nitrogen and oxygen atoms in total. The number of carbonyl (C=O) groups is 1. The van der Waals surface area contributed by atoms with Crippen LogP contribution in [0.4, 0.5) is 5.69 Å². The maximum atomic E-state index is 12.7. The Kier molecular flexibility index (Phi) is 6.18. The number of nitrogens with zero attached hydrogens (tertiary/aromatic N) is 3. The van der Waals surface area contributed by atoms with Crippen LogP contribution in [0.2, 0.25) is 0 Å². The normalized spacial score (nSPS) is 15.0. The van der Waals surface area contributed by atoms with E-state index in [1.54, 1.807) is 25.1 Å². The molecule has 0 atom stereocenters. The molecule has 0 spiro atoms. The van der Waals surface area contributed by atoms with Gasteiger partial charge in [-0.15, -0.1) is 0 Å². The van der Waals surface area contributed by atoms with Crippen molar-refractivity contribution in [3.63, 3.8) is 0 Å². The number of hydrogen-bond donors (Lipinski definition) is 1. The fraction of sp³-hybridized carbons (Fsp3) is 0.450. The molecule has 0 aliphatic carbocycles. The summed E-state index contributed by atoms with van der Waals surface area (Å²) < 4.78 is 28.2. The molecule has 0 saturated carbocycles. The molecule has 1 saturated heterocycles. The van der Waals surface area contributed by atoms with Crippen LogP contribution in [0.1, 0.15) is 44.0 Å². The van der Waals surface area contributed by atoms with E-state index in [1.165, 1.54) is 21.0 Å². The number of aryl methyl sites for hydroxylation is 1. The van der Waals surface area contributed by atoms with Crippen molar-refractivity contribution >= 4 is 21.6 Å². The minimum Gasteiger partial charge on any atom is -0.324 e. The van der Waals surface area contributed by atoms with E-state index in [0.717, 1.165) is 12.8 Å². The van der Waals surface area contributed by atoms with E-state index >= 15 is 0 Å². The third-order valence-corrected chi connectivity index (χ3v) is 6.85. The van der Waals surface area contributed by atoms with E-state index in [-0.39, 0.29) is 17.4 Å². The lowest BCUT2D eigenvalue weighted by molar-refractivity contribution is -0.116. The zero-order valence-corrected chi connectivity index (χ0v) is 17.7. The van der Waals surface area contributed by atoms with Crippen molar-refractivity contribution in [3.8, 4) is 0 Å². The summed E-state index contributed by atoms with van der Waals surface area (Å²) in [5.74, 6) is -0.310. The number of aromatic nitrogens is 2. The summed E-state index contributed by atoms with van der Waals surface area (Å²) >= 11 is 0. The van der Waals surface area contributed by atoms with E-state index in [4.69, 9.17) is 0 Å². The van der Waals surface area contributed by atoms with E-state index < -0.39 is 21.6 Å². The summed E-state index contributed by atoms with van der Waals surface area (Å²) in [6, 6.07) is 7.97. The van der Waals surface area contributed by atoms with Crippen LogP contribution in [-0.2, 0) is 21.4 Å². The van der Waals surface area contributed by atoms with Crippen LogP contribution in [0.15, 0.2) is 40.0 Å². The van der Waals surface area contributed by atoms with Gasteiger partial charge in [-0.05, 0) is 49.9 Å². The second-order valence-electron chi connectivity index (χ2n) is 7.53. The molecule has 1 aliphatic rings. The van der Waals surface area contributed by atoms with Gasteiger partial charge in [-0.1, -0.05) is 19.9 Å². The highest BCUT2D eigenvalue weighted by Crippen LogP contribution is 2.23. The second-order valence-corrected chi connectivity index (χ2v) is 9.47. The lowest BCUT2D eigenvalue weighted by Gasteiger charge is -2.16. The van der Waals surface area contributed by atoms with Gasteiger partial charge in [0, 0.05) is 24.5 Å². The fourth-order valence-electron chi connectivity index (χ4n) is 3.29. The van der Waals surface area contributed by atoms with Gasteiger partial charge in [-0.25, -0.2) is 13.2 Å². The van der Waals surface area contributed by atoms with Gasteiger partial charge in [-0.2, -0.15) is 9.29 Å². The average Bonchev–Trinajstić information content (AvgIpc) is 3.20. The molecule has 1 aliphatic heterocycles. The number of hydrogen-bond acceptors (Lipinski definition) is 5. The van der Waals surface area contributed by atoms with Crippen molar-refractivity contribution in [3.05, 3.63) is 52.2 Å². The SMILES string of the molecule is Cc1cc(C(C)C)nc(=O)n1CC(=O)Nc1cccc(S(=O)(=O)N2CCCC2)c1. The van der Waals surface area contributed by atoms with Gasteiger partial charge in [0.2, 0.25) is 15.9 Å². The molecule has 1 aromatic carbocycles. The Balaban J connectivity index is 1.76. The smallest absolute Gasteiger partial charge is 0.324 e. The first-order valence-electron chi connectivity index (χ1n) is 9.67. The largest absolute Gasteiger partial charge is 0.348 e. The summed E-state index contributed by atoms with van der Waals surface area (Å²) in [7, 11) is -3.57. The maximum Gasteiger partial charge on any atom is 0.348 e. The van der Waals surface area contributed by atoms with Crippen molar-refractivity contribution in [1.82, 2.24) is 13.9 Å². The Morgan fingerprint density at radius 1 is 1.21 bits per heavy atom. The third-order valence-electron chi connectivity index (χ3n) is 4.95. The summed E-state index contributed by atoms with van der Waals surface area (Å²) in [5, 5.41) is 2.68. The number of rotatable bonds is 6. The Bertz CT molecular complexity index is 1070. The van der Waals surface area contributed by atoms with Crippen LogP contribution in [0, 0.1) is 6.92 Å². The third kappa shape index (κ3) is 4.73. The first-order chi connectivity index (χ1) is 13.7. The predicted molar refractivity (Wildman–Crippen MR) is 110 cm³/mol. The number of carbonyl (C=O) groups excluding carboxylic acids is 1. The minimum absolute atomic E-state index is 0.116. The van der Waals surface area contributed by atoms with Crippen LogP contribution in [0.5, 0.6) is 0 Å². The molecule has 1 aromatic heterocycles. The Morgan fingerprint density at radius 2 is 1.90 bits per heavy atom. The van der Waals surface area contributed by atoms with Crippen LogP contribution >= 0.6 is 0 Å². The van der Waals surface area contributed by atoms with Crippen molar-refractivity contribution < 1.29 is 13.2 Å². The van der Waals surface area contributed by atoms with Crippen molar-refractivity contribution in [1.29, 1.82) is 0 Å². The highest BCUT2D eigenvalue weighted by molar-refractivity contribution is 7.89. The fourth-order valence-corrected chi connectivity index (χ4v) is 4.85. The molecule has 0 radical (unpaired) electrons. The average molecular weight is 419 g/mol. The van der Waals surface area contributed by atoms with Gasteiger partial charge in [0.05, 0.1) is 10.6 Å². The van der Waals surface area contributed by atoms with Gasteiger partial charge >= 0.3 is 5.69 Å². The molecule has 156 valence electrons. The van der Waals surface area contributed by atoms with Gasteiger partial charge in [0.25, 0.3) is 0 Å². The quantitative estimate of drug-likeness (QED) is 0.774. The first kappa shape index (κ1) is 21.2. The highest BCUT2D eigenvalue weighted by atomic mass is 32.2. The molecular formula is C20H26N4O4S. The zero-order chi connectivity index (χ0) is 21.2. The number of sulfonamides is 1. The standard InChI is InChI=1S/C20H26N4O4S/c1-14(2)18-11-15(3)24(20(26)22-18)13-19(25)21-16-7-6-8-17(12-16)29(27,28)23-9-4-5-10-23/h6-8,11-12,14H,4-5,9-10,13H2,1-3H3,(H,21,25). The molecule has 1 fully saturated rings. The molecular weight excluding hydrogens is 392 g/mol. The highest BCUT2D eigenvalue weighted by Gasteiger charge is 2.27. The number of nitrogens with one attached hydrogen (secondary N) is 1. The lowest BCUT2D eigenvalue weighted by Crippen LogP contribution is -2.32. The van der Waals surface area contributed by atoms with Crippen molar-refractivity contribution in [2.75, 3.05) is 18.4 Å². The van der Waals surface area contributed by atoms with Gasteiger partial charge < -0.3 is 5.32 Å². The number of anilines is 1. The Labute approximate surface area is 170 Å². The van der Waals surface area contributed by atoms with Crippen LogP contribution in [0.25, 0.3) is 0 Å². The van der Waals surface area contributed by atoms with Gasteiger partial charge in [0.15, 0.2) is 0 Å². The molecule has 1 N–H and O–H groups in total. The van der Waals surface area contributed by atoms with E-state index in [0.29, 0.717) is 30.2 Å². The van der Waals surface area contributed by atoms with E-state index in [1.807, 2.05) is 13.8 Å². The molecule has 9 heteroatoms. The van der Waals surface area contributed by atoms with Crippen molar-refractivity contribution in [2.24, 2.45) is 0 Å². The van der Waals surface area contributed by atoms with E-state index in [9.17, 15) is 18.0 Å². The van der Waals surface area contributed by atoms with Crippen LogP contribution < -0.4 is 11.0 Å². The minimum atomic E-state index is -3.57.